The highest BCUT2D eigenvalue weighted by Crippen LogP contribution is 2.36. The van der Waals surface area contributed by atoms with Crippen molar-refractivity contribution in [2.75, 3.05) is 18.9 Å². The number of benzene rings is 3. The minimum absolute atomic E-state index is 0.0577. The number of hydrogen-bond donors (Lipinski definition) is 1. The molecular formula is C25H22N2O2S. The van der Waals surface area contributed by atoms with Crippen LogP contribution in [0, 0.1) is 12.3 Å². The number of rotatable bonds is 7. The van der Waals surface area contributed by atoms with E-state index in [9.17, 15) is 9.59 Å². The molecule has 4 nitrogen and oxygen atoms in total. The minimum atomic E-state index is -0.448. The van der Waals surface area contributed by atoms with Crippen LogP contribution in [0.5, 0.6) is 0 Å². The standard InChI is InChI=1S/C25H22N2O2S/c1-3-19-11-10-14-21(17-19)26-23(28)18-27(2)25(29)24(20-12-6-4-7-13-20)30-22-15-8-5-9-16-22/h1,4-17,24H,18H2,2H3,(H,26,28). The summed E-state index contributed by atoms with van der Waals surface area (Å²) in [5.41, 5.74) is 2.18. The molecule has 0 spiro atoms. The Labute approximate surface area is 181 Å². The lowest BCUT2D eigenvalue weighted by molar-refractivity contribution is -0.132. The molecule has 30 heavy (non-hydrogen) atoms. The molecule has 0 aliphatic carbocycles. The molecule has 3 rings (SSSR count). The van der Waals surface area contributed by atoms with Crippen molar-refractivity contribution in [3.05, 3.63) is 96.1 Å². The second-order valence-corrected chi connectivity index (χ2v) is 7.87. The van der Waals surface area contributed by atoms with Gasteiger partial charge in [0.15, 0.2) is 0 Å². The number of anilines is 1. The van der Waals surface area contributed by atoms with Gasteiger partial charge in [-0.1, -0.05) is 60.5 Å². The van der Waals surface area contributed by atoms with Gasteiger partial charge in [-0.25, -0.2) is 0 Å². The minimum Gasteiger partial charge on any atom is -0.335 e. The molecule has 0 aliphatic rings. The molecule has 150 valence electrons. The Morgan fingerprint density at radius 3 is 2.33 bits per heavy atom. The lowest BCUT2D eigenvalue weighted by Gasteiger charge is -2.23. The van der Waals surface area contributed by atoms with Gasteiger partial charge in [0.2, 0.25) is 11.8 Å². The summed E-state index contributed by atoms with van der Waals surface area (Å²) in [4.78, 5) is 28.2. The Kier molecular flexibility index (Phi) is 7.31. The maximum absolute atomic E-state index is 13.2. The number of nitrogens with zero attached hydrogens (tertiary/aromatic N) is 1. The van der Waals surface area contributed by atoms with Crippen molar-refractivity contribution in [3.63, 3.8) is 0 Å². The Morgan fingerprint density at radius 1 is 1.00 bits per heavy atom. The van der Waals surface area contributed by atoms with E-state index in [1.165, 1.54) is 16.7 Å². The van der Waals surface area contributed by atoms with Crippen LogP contribution in [0.1, 0.15) is 16.4 Å². The van der Waals surface area contributed by atoms with E-state index in [2.05, 4.69) is 11.2 Å². The SMILES string of the molecule is C#Cc1cccc(NC(=O)CN(C)C(=O)C(Sc2ccccc2)c2ccccc2)c1. The van der Waals surface area contributed by atoms with Gasteiger partial charge in [-0.3, -0.25) is 9.59 Å². The first-order chi connectivity index (χ1) is 14.6. The molecule has 0 heterocycles. The quantitative estimate of drug-likeness (QED) is 0.454. The van der Waals surface area contributed by atoms with E-state index in [1.54, 1.807) is 31.3 Å². The zero-order valence-electron chi connectivity index (χ0n) is 16.6. The molecule has 3 aromatic carbocycles. The lowest BCUT2D eigenvalue weighted by atomic mass is 10.1. The molecule has 0 fully saturated rings. The van der Waals surface area contributed by atoms with Gasteiger partial charge in [-0.05, 0) is 35.9 Å². The summed E-state index contributed by atoms with van der Waals surface area (Å²) in [6.45, 7) is -0.0577. The van der Waals surface area contributed by atoms with Crippen LogP contribution in [0.4, 0.5) is 5.69 Å². The van der Waals surface area contributed by atoms with Crippen molar-refractivity contribution in [3.8, 4) is 12.3 Å². The number of carbonyl (C=O) groups excluding carboxylic acids is 2. The van der Waals surface area contributed by atoms with Crippen molar-refractivity contribution in [2.24, 2.45) is 0 Å². The maximum atomic E-state index is 13.2. The van der Waals surface area contributed by atoms with E-state index in [0.717, 1.165) is 10.5 Å². The highest BCUT2D eigenvalue weighted by Gasteiger charge is 2.26. The van der Waals surface area contributed by atoms with E-state index < -0.39 is 5.25 Å². The Morgan fingerprint density at radius 2 is 1.67 bits per heavy atom. The van der Waals surface area contributed by atoms with Crippen LogP contribution < -0.4 is 5.32 Å². The Balaban J connectivity index is 1.71. The lowest BCUT2D eigenvalue weighted by Crippen LogP contribution is -2.37. The summed E-state index contributed by atoms with van der Waals surface area (Å²) in [6.07, 6.45) is 5.40. The highest BCUT2D eigenvalue weighted by molar-refractivity contribution is 8.00. The first kappa shape index (κ1) is 21.2. The van der Waals surface area contributed by atoms with Crippen LogP contribution in [0.25, 0.3) is 0 Å². The van der Waals surface area contributed by atoms with E-state index in [-0.39, 0.29) is 18.4 Å². The topological polar surface area (TPSA) is 49.4 Å². The number of carbonyl (C=O) groups is 2. The summed E-state index contributed by atoms with van der Waals surface area (Å²) in [5.74, 6) is 2.12. The van der Waals surface area contributed by atoms with Gasteiger partial charge in [0.1, 0.15) is 5.25 Å². The van der Waals surface area contributed by atoms with Gasteiger partial charge < -0.3 is 10.2 Å². The fourth-order valence-corrected chi connectivity index (χ4v) is 4.07. The van der Waals surface area contributed by atoms with Crippen molar-refractivity contribution < 1.29 is 9.59 Å². The number of terminal acetylenes is 1. The van der Waals surface area contributed by atoms with Crippen LogP contribution in [0.15, 0.2) is 89.8 Å². The number of amides is 2. The second kappa shape index (κ2) is 10.3. The van der Waals surface area contributed by atoms with E-state index in [4.69, 9.17) is 6.42 Å². The number of thioether (sulfide) groups is 1. The first-order valence-electron chi connectivity index (χ1n) is 9.45. The van der Waals surface area contributed by atoms with E-state index >= 15 is 0 Å². The van der Waals surface area contributed by atoms with Crippen molar-refractivity contribution in [1.82, 2.24) is 4.90 Å². The van der Waals surface area contributed by atoms with Gasteiger partial charge in [0, 0.05) is 23.2 Å². The molecule has 0 saturated heterocycles. The third-order valence-corrected chi connectivity index (χ3v) is 5.65. The molecule has 0 radical (unpaired) electrons. The third-order valence-electron chi connectivity index (χ3n) is 4.39. The van der Waals surface area contributed by atoms with Crippen LogP contribution in [-0.2, 0) is 9.59 Å². The normalized spacial score (nSPS) is 11.2. The predicted molar refractivity (Wildman–Crippen MR) is 122 cm³/mol. The Hall–Kier alpha value is -3.49. The molecular weight excluding hydrogens is 392 g/mol. The first-order valence-corrected chi connectivity index (χ1v) is 10.3. The third kappa shape index (κ3) is 5.76. The number of likely N-dealkylation sites (N-methyl/N-ethyl adjacent to an activating group) is 1. The monoisotopic (exact) mass is 414 g/mol. The molecule has 0 saturated carbocycles. The Bertz CT molecular complexity index is 1050. The summed E-state index contributed by atoms with van der Waals surface area (Å²) in [5, 5.41) is 2.35. The number of hydrogen-bond acceptors (Lipinski definition) is 3. The molecule has 0 aliphatic heterocycles. The van der Waals surface area contributed by atoms with Gasteiger partial charge in [0.25, 0.3) is 0 Å². The molecule has 3 aromatic rings. The summed E-state index contributed by atoms with van der Waals surface area (Å²) in [6, 6.07) is 26.4. The average Bonchev–Trinajstić information content (AvgIpc) is 2.78. The summed E-state index contributed by atoms with van der Waals surface area (Å²) < 4.78 is 0. The fraction of sp³-hybridized carbons (Fsp3) is 0.120. The summed E-state index contributed by atoms with van der Waals surface area (Å²) in [7, 11) is 1.64. The van der Waals surface area contributed by atoms with E-state index in [0.29, 0.717) is 11.3 Å². The predicted octanol–water partition coefficient (Wildman–Crippen LogP) is 4.60. The average molecular weight is 415 g/mol. The maximum Gasteiger partial charge on any atom is 0.243 e. The molecule has 1 N–H and O–H groups in total. The van der Waals surface area contributed by atoms with Crippen molar-refractivity contribution in [1.29, 1.82) is 0 Å². The van der Waals surface area contributed by atoms with Crippen LogP contribution in [0.2, 0.25) is 0 Å². The van der Waals surface area contributed by atoms with Gasteiger partial charge in [-0.2, -0.15) is 0 Å². The van der Waals surface area contributed by atoms with E-state index in [1.807, 2.05) is 60.7 Å². The molecule has 0 aromatic heterocycles. The number of nitrogens with one attached hydrogen (secondary N) is 1. The highest BCUT2D eigenvalue weighted by atomic mass is 32.2. The zero-order chi connectivity index (χ0) is 21.3. The smallest absolute Gasteiger partial charge is 0.243 e. The molecule has 5 heteroatoms. The van der Waals surface area contributed by atoms with Gasteiger partial charge in [-0.15, -0.1) is 18.2 Å². The second-order valence-electron chi connectivity index (χ2n) is 6.69. The van der Waals surface area contributed by atoms with Crippen LogP contribution >= 0.6 is 11.8 Å². The van der Waals surface area contributed by atoms with Crippen molar-refractivity contribution >= 4 is 29.3 Å². The molecule has 1 atom stereocenters. The van der Waals surface area contributed by atoms with Crippen molar-refractivity contribution in [2.45, 2.75) is 10.1 Å². The molecule has 2 amide bonds. The molecule has 0 bridgehead atoms. The largest absolute Gasteiger partial charge is 0.335 e. The zero-order valence-corrected chi connectivity index (χ0v) is 17.4. The van der Waals surface area contributed by atoms with Gasteiger partial charge in [0.05, 0.1) is 6.54 Å². The van der Waals surface area contributed by atoms with Crippen LogP contribution in [-0.4, -0.2) is 30.3 Å². The molecule has 1 unspecified atom stereocenters. The summed E-state index contributed by atoms with van der Waals surface area (Å²) >= 11 is 1.47. The van der Waals surface area contributed by atoms with Gasteiger partial charge >= 0.3 is 0 Å². The van der Waals surface area contributed by atoms with Crippen LogP contribution in [0.3, 0.4) is 0 Å². The fourth-order valence-electron chi connectivity index (χ4n) is 2.90.